The third-order valence-electron chi connectivity index (χ3n) is 4.92. The minimum atomic E-state index is -0.195. The zero-order chi connectivity index (χ0) is 15.8. The summed E-state index contributed by atoms with van der Waals surface area (Å²) in [6.45, 7) is 12.7. The number of aliphatic hydroxyl groups excluding tert-OH is 1. The van der Waals surface area contributed by atoms with E-state index in [0.29, 0.717) is 0 Å². The average molecular weight is 313 g/mol. The van der Waals surface area contributed by atoms with Crippen LogP contribution in [0.2, 0.25) is 0 Å². The zero-order valence-electron chi connectivity index (χ0n) is 14.5. The lowest BCUT2D eigenvalue weighted by Gasteiger charge is -2.34. The van der Waals surface area contributed by atoms with Crippen LogP contribution in [0, 0.1) is 5.92 Å². The standard InChI is InChI=1S/C17H35N3O2/c1-16(21)14-20-8-4-17(5-9-20)15-18(2)6-3-7-19-10-12-22-13-11-19/h16-17,21H,3-15H2,1-2H3/t16-/m1/s1. The van der Waals surface area contributed by atoms with Crippen molar-refractivity contribution in [2.45, 2.75) is 32.3 Å². The number of likely N-dealkylation sites (tertiary alicyclic amines) is 1. The number of morpholine rings is 1. The molecule has 2 heterocycles. The van der Waals surface area contributed by atoms with Gasteiger partial charge in [0.15, 0.2) is 0 Å². The monoisotopic (exact) mass is 313 g/mol. The highest BCUT2D eigenvalue weighted by molar-refractivity contribution is 4.75. The van der Waals surface area contributed by atoms with Gasteiger partial charge in [-0.05, 0) is 65.3 Å². The van der Waals surface area contributed by atoms with Crippen molar-refractivity contribution < 1.29 is 9.84 Å². The van der Waals surface area contributed by atoms with Crippen LogP contribution in [0.4, 0.5) is 0 Å². The lowest BCUT2D eigenvalue weighted by atomic mass is 9.96. The molecule has 22 heavy (non-hydrogen) atoms. The van der Waals surface area contributed by atoms with Gasteiger partial charge in [0.1, 0.15) is 0 Å². The van der Waals surface area contributed by atoms with Gasteiger partial charge in [-0.15, -0.1) is 0 Å². The number of ether oxygens (including phenoxy) is 1. The van der Waals surface area contributed by atoms with Gasteiger partial charge >= 0.3 is 0 Å². The molecule has 2 aliphatic rings. The van der Waals surface area contributed by atoms with Gasteiger partial charge in [0.05, 0.1) is 19.3 Å². The summed E-state index contributed by atoms with van der Waals surface area (Å²) >= 11 is 0. The van der Waals surface area contributed by atoms with Crippen LogP contribution in [0.15, 0.2) is 0 Å². The second-order valence-electron chi connectivity index (χ2n) is 7.16. The smallest absolute Gasteiger partial charge is 0.0639 e. The minimum Gasteiger partial charge on any atom is -0.392 e. The van der Waals surface area contributed by atoms with E-state index in [-0.39, 0.29) is 6.10 Å². The maximum atomic E-state index is 9.46. The van der Waals surface area contributed by atoms with Crippen molar-refractivity contribution in [3.63, 3.8) is 0 Å². The molecule has 0 spiro atoms. The van der Waals surface area contributed by atoms with E-state index in [0.717, 1.165) is 51.9 Å². The molecule has 2 aliphatic heterocycles. The van der Waals surface area contributed by atoms with Gasteiger partial charge in [-0.3, -0.25) is 4.90 Å². The number of hydrogen-bond donors (Lipinski definition) is 1. The molecule has 5 heteroatoms. The fourth-order valence-electron chi connectivity index (χ4n) is 3.65. The molecule has 0 amide bonds. The highest BCUT2D eigenvalue weighted by atomic mass is 16.5. The molecular formula is C17H35N3O2. The van der Waals surface area contributed by atoms with Gasteiger partial charge in [-0.2, -0.15) is 0 Å². The van der Waals surface area contributed by atoms with Gasteiger partial charge in [0.25, 0.3) is 0 Å². The van der Waals surface area contributed by atoms with Crippen LogP contribution < -0.4 is 0 Å². The molecule has 2 rings (SSSR count). The Balaban J connectivity index is 1.53. The van der Waals surface area contributed by atoms with Crippen molar-refractivity contribution in [3.8, 4) is 0 Å². The van der Waals surface area contributed by atoms with Crippen molar-refractivity contribution in [3.05, 3.63) is 0 Å². The predicted molar refractivity (Wildman–Crippen MR) is 90.2 cm³/mol. The SMILES string of the molecule is C[C@@H](O)CN1CCC(CN(C)CCCN2CCOCC2)CC1. The number of nitrogens with zero attached hydrogens (tertiary/aromatic N) is 3. The second kappa shape index (κ2) is 9.83. The van der Waals surface area contributed by atoms with E-state index < -0.39 is 0 Å². The molecule has 2 saturated heterocycles. The summed E-state index contributed by atoms with van der Waals surface area (Å²) in [6, 6.07) is 0. The quantitative estimate of drug-likeness (QED) is 0.715. The summed E-state index contributed by atoms with van der Waals surface area (Å²) in [5.74, 6) is 0.832. The molecule has 0 aliphatic carbocycles. The number of β-amino-alcohol motifs (C(OH)–C–C–N with tert-alkyl or cyclic N) is 1. The Morgan fingerprint density at radius 2 is 1.82 bits per heavy atom. The van der Waals surface area contributed by atoms with E-state index in [1.165, 1.54) is 38.9 Å². The number of hydrogen-bond acceptors (Lipinski definition) is 5. The summed E-state index contributed by atoms with van der Waals surface area (Å²) in [6.07, 6.45) is 3.62. The average Bonchev–Trinajstić information content (AvgIpc) is 2.50. The Morgan fingerprint density at radius 1 is 1.14 bits per heavy atom. The Morgan fingerprint density at radius 3 is 2.45 bits per heavy atom. The molecule has 0 bridgehead atoms. The maximum absolute atomic E-state index is 9.46. The van der Waals surface area contributed by atoms with Crippen molar-refractivity contribution in [1.29, 1.82) is 0 Å². The van der Waals surface area contributed by atoms with Crippen LogP contribution in [0.5, 0.6) is 0 Å². The number of rotatable bonds is 8. The minimum absolute atomic E-state index is 0.195. The summed E-state index contributed by atoms with van der Waals surface area (Å²) in [4.78, 5) is 7.43. The molecule has 0 unspecified atom stereocenters. The van der Waals surface area contributed by atoms with Crippen molar-refractivity contribution >= 4 is 0 Å². The van der Waals surface area contributed by atoms with E-state index in [1.54, 1.807) is 0 Å². The Labute approximate surface area is 136 Å². The number of aliphatic hydroxyl groups is 1. The zero-order valence-corrected chi connectivity index (χ0v) is 14.5. The molecule has 0 aromatic heterocycles. The Kier molecular flexibility index (Phi) is 8.11. The van der Waals surface area contributed by atoms with Crippen LogP contribution in [0.3, 0.4) is 0 Å². The lowest BCUT2D eigenvalue weighted by molar-refractivity contribution is 0.0360. The largest absolute Gasteiger partial charge is 0.392 e. The molecular weight excluding hydrogens is 278 g/mol. The first-order chi connectivity index (χ1) is 10.6. The Hall–Kier alpha value is -0.200. The summed E-state index contributed by atoms with van der Waals surface area (Å²) < 4.78 is 5.39. The third kappa shape index (κ3) is 6.92. The molecule has 1 atom stereocenters. The van der Waals surface area contributed by atoms with Gasteiger partial charge in [-0.1, -0.05) is 0 Å². The summed E-state index contributed by atoms with van der Waals surface area (Å²) in [5.41, 5.74) is 0. The van der Waals surface area contributed by atoms with E-state index >= 15 is 0 Å². The van der Waals surface area contributed by atoms with Crippen molar-refractivity contribution in [2.24, 2.45) is 5.92 Å². The van der Waals surface area contributed by atoms with Gasteiger partial charge < -0.3 is 19.6 Å². The lowest BCUT2D eigenvalue weighted by Crippen LogP contribution is -2.41. The molecule has 0 radical (unpaired) electrons. The molecule has 130 valence electrons. The molecule has 2 fully saturated rings. The third-order valence-corrected chi connectivity index (χ3v) is 4.92. The summed E-state index contributed by atoms with van der Waals surface area (Å²) in [5, 5.41) is 9.46. The first-order valence-corrected chi connectivity index (χ1v) is 9.02. The number of piperidine rings is 1. The van der Waals surface area contributed by atoms with Crippen LogP contribution >= 0.6 is 0 Å². The fraction of sp³-hybridized carbons (Fsp3) is 1.00. The summed E-state index contributed by atoms with van der Waals surface area (Å²) in [7, 11) is 2.27. The first kappa shape index (κ1) is 18.1. The highest BCUT2D eigenvalue weighted by Gasteiger charge is 2.21. The molecule has 1 N–H and O–H groups in total. The highest BCUT2D eigenvalue weighted by Crippen LogP contribution is 2.18. The molecule has 0 aromatic rings. The van der Waals surface area contributed by atoms with E-state index in [9.17, 15) is 5.11 Å². The van der Waals surface area contributed by atoms with Crippen LogP contribution in [-0.4, -0.2) is 98.5 Å². The molecule has 0 saturated carbocycles. The van der Waals surface area contributed by atoms with Gasteiger partial charge in [0.2, 0.25) is 0 Å². The second-order valence-corrected chi connectivity index (χ2v) is 7.16. The van der Waals surface area contributed by atoms with Crippen molar-refractivity contribution in [2.75, 3.05) is 72.6 Å². The first-order valence-electron chi connectivity index (χ1n) is 9.02. The van der Waals surface area contributed by atoms with Crippen LogP contribution in [0.1, 0.15) is 26.2 Å². The predicted octanol–water partition coefficient (Wildman–Crippen LogP) is 0.733. The Bertz CT molecular complexity index is 288. The van der Waals surface area contributed by atoms with E-state index in [1.807, 2.05) is 6.92 Å². The normalized spacial score (nSPS) is 24.0. The van der Waals surface area contributed by atoms with Crippen molar-refractivity contribution in [1.82, 2.24) is 14.7 Å². The van der Waals surface area contributed by atoms with E-state index in [2.05, 4.69) is 21.7 Å². The van der Waals surface area contributed by atoms with Crippen LogP contribution in [0.25, 0.3) is 0 Å². The van der Waals surface area contributed by atoms with Crippen LogP contribution in [-0.2, 0) is 4.74 Å². The molecule has 5 nitrogen and oxygen atoms in total. The van der Waals surface area contributed by atoms with Gasteiger partial charge in [-0.25, -0.2) is 0 Å². The maximum Gasteiger partial charge on any atom is 0.0639 e. The van der Waals surface area contributed by atoms with Gasteiger partial charge in [0, 0.05) is 26.2 Å². The topological polar surface area (TPSA) is 39.2 Å². The van der Waals surface area contributed by atoms with E-state index in [4.69, 9.17) is 4.74 Å². The fourth-order valence-corrected chi connectivity index (χ4v) is 3.65. The molecule has 0 aromatic carbocycles.